The van der Waals surface area contributed by atoms with Gasteiger partial charge >= 0.3 is 5.97 Å². The molecule has 5 nitrogen and oxygen atoms in total. The molecular formula is C15H18N2O3. The van der Waals surface area contributed by atoms with E-state index < -0.39 is 5.97 Å². The summed E-state index contributed by atoms with van der Waals surface area (Å²) in [4.78, 5) is 11.4. The summed E-state index contributed by atoms with van der Waals surface area (Å²) in [5.41, 5.74) is 1.33. The van der Waals surface area contributed by atoms with Gasteiger partial charge in [0.25, 0.3) is 0 Å². The van der Waals surface area contributed by atoms with Crippen molar-refractivity contribution >= 4 is 5.97 Å². The quantitative estimate of drug-likeness (QED) is 0.934. The van der Waals surface area contributed by atoms with Crippen LogP contribution < -0.4 is 4.74 Å². The first-order valence-electron chi connectivity index (χ1n) is 6.31. The third-order valence-electron chi connectivity index (χ3n) is 2.99. The van der Waals surface area contributed by atoms with Gasteiger partial charge < -0.3 is 9.84 Å². The second-order valence-corrected chi connectivity index (χ2v) is 5.58. The van der Waals surface area contributed by atoms with Gasteiger partial charge in [0.2, 0.25) is 0 Å². The molecule has 1 N–H and O–H groups in total. The minimum Gasteiger partial charge on any atom is -0.497 e. The number of carboxylic acids is 1. The van der Waals surface area contributed by atoms with Crippen molar-refractivity contribution in [2.24, 2.45) is 0 Å². The Morgan fingerprint density at radius 2 is 2.00 bits per heavy atom. The van der Waals surface area contributed by atoms with E-state index >= 15 is 0 Å². The molecule has 0 atom stereocenters. The second-order valence-electron chi connectivity index (χ2n) is 5.58. The molecular weight excluding hydrogens is 256 g/mol. The van der Waals surface area contributed by atoms with Crippen LogP contribution in [0.4, 0.5) is 0 Å². The van der Waals surface area contributed by atoms with E-state index in [0.717, 1.165) is 5.69 Å². The van der Waals surface area contributed by atoms with Gasteiger partial charge in [0.1, 0.15) is 5.75 Å². The van der Waals surface area contributed by atoms with Gasteiger partial charge in [0.15, 0.2) is 5.69 Å². The highest BCUT2D eigenvalue weighted by Gasteiger charge is 2.23. The standard InChI is InChI=1S/C15H18N2O3/c1-15(2,3)13-9-12(14(18)19)17(16-13)10-6-5-7-11(8-10)20-4/h5-9H,1-4H3,(H,18,19). The summed E-state index contributed by atoms with van der Waals surface area (Å²) in [7, 11) is 1.57. The highest BCUT2D eigenvalue weighted by molar-refractivity contribution is 5.86. The summed E-state index contributed by atoms with van der Waals surface area (Å²) in [6, 6.07) is 8.78. The van der Waals surface area contributed by atoms with Crippen molar-refractivity contribution in [3.63, 3.8) is 0 Å². The summed E-state index contributed by atoms with van der Waals surface area (Å²) in [5.74, 6) is -0.345. The van der Waals surface area contributed by atoms with Gasteiger partial charge in [-0.2, -0.15) is 5.10 Å². The summed E-state index contributed by atoms with van der Waals surface area (Å²) >= 11 is 0. The molecule has 0 spiro atoms. The van der Waals surface area contributed by atoms with Crippen LogP contribution in [-0.2, 0) is 5.41 Å². The molecule has 0 aliphatic heterocycles. The third kappa shape index (κ3) is 2.66. The fourth-order valence-corrected chi connectivity index (χ4v) is 1.84. The number of rotatable bonds is 3. The van der Waals surface area contributed by atoms with E-state index in [9.17, 15) is 9.90 Å². The van der Waals surface area contributed by atoms with Crippen LogP contribution in [0.5, 0.6) is 5.75 Å². The molecule has 0 amide bonds. The van der Waals surface area contributed by atoms with Gasteiger partial charge in [-0.3, -0.25) is 0 Å². The predicted molar refractivity (Wildman–Crippen MR) is 75.8 cm³/mol. The normalized spacial score (nSPS) is 11.4. The van der Waals surface area contributed by atoms with Gasteiger partial charge in [-0.25, -0.2) is 9.48 Å². The van der Waals surface area contributed by atoms with E-state index in [4.69, 9.17) is 4.74 Å². The molecule has 1 aromatic heterocycles. The number of aromatic carboxylic acids is 1. The maximum atomic E-state index is 11.4. The zero-order valence-electron chi connectivity index (χ0n) is 12.0. The smallest absolute Gasteiger partial charge is 0.354 e. The number of aromatic nitrogens is 2. The second kappa shape index (κ2) is 5.00. The van der Waals surface area contributed by atoms with Gasteiger partial charge in [0, 0.05) is 11.5 Å². The Bertz CT molecular complexity index is 639. The Balaban J connectivity index is 2.60. The topological polar surface area (TPSA) is 64.4 Å². The van der Waals surface area contributed by atoms with E-state index in [2.05, 4.69) is 5.10 Å². The van der Waals surface area contributed by atoms with Gasteiger partial charge in [0.05, 0.1) is 18.5 Å². The number of ether oxygens (including phenoxy) is 1. The average molecular weight is 274 g/mol. The first-order valence-corrected chi connectivity index (χ1v) is 6.31. The highest BCUT2D eigenvalue weighted by atomic mass is 16.5. The minimum atomic E-state index is -1.00. The molecule has 1 aromatic carbocycles. The highest BCUT2D eigenvalue weighted by Crippen LogP contribution is 2.25. The van der Waals surface area contributed by atoms with Crippen LogP contribution in [0.3, 0.4) is 0 Å². The summed E-state index contributed by atoms with van der Waals surface area (Å²) in [6.45, 7) is 5.99. The minimum absolute atomic E-state index is 0.142. The SMILES string of the molecule is COc1cccc(-n2nc(C(C)(C)C)cc2C(=O)O)c1. The lowest BCUT2D eigenvalue weighted by Crippen LogP contribution is -2.12. The summed E-state index contributed by atoms with van der Waals surface area (Å²) in [6.07, 6.45) is 0. The van der Waals surface area contributed by atoms with Crippen LogP contribution in [0.15, 0.2) is 30.3 Å². The molecule has 0 unspecified atom stereocenters. The Labute approximate surface area is 117 Å². The zero-order valence-corrected chi connectivity index (χ0v) is 12.0. The molecule has 2 rings (SSSR count). The largest absolute Gasteiger partial charge is 0.497 e. The molecule has 0 bridgehead atoms. The van der Waals surface area contributed by atoms with E-state index in [1.54, 1.807) is 37.4 Å². The molecule has 5 heteroatoms. The lowest BCUT2D eigenvalue weighted by atomic mass is 9.92. The fraction of sp³-hybridized carbons (Fsp3) is 0.333. The van der Waals surface area contributed by atoms with Crippen molar-refractivity contribution in [1.29, 1.82) is 0 Å². The van der Waals surface area contributed by atoms with Crippen molar-refractivity contribution in [3.8, 4) is 11.4 Å². The average Bonchev–Trinajstić information content (AvgIpc) is 2.84. The van der Waals surface area contributed by atoms with Crippen LogP contribution in [0, 0.1) is 0 Å². The lowest BCUT2D eigenvalue weighted by molar-refractivity contribution is 0.0687. The molecule has 0 aliphatic carbocycles. The third-order valence-corrected chi connectivity index (χ3v) is 2.99. The van der Waals surface area contributed by atoms with E-state index in [0.29, 0.717) is 11.4 Å². The number of nitrogens with zero attached hydrogens (tertiary/aromatic N) is 2. The van der Waals surface area contributed by atoms with Crippen LogP contribution in [-0.4, -0.2) is 28.0 Å². The summed E-state index contributed by atoms with van der Waals surface area (Å²) < 4.78 is 6.60. The van der Waals surface area contributed by atoms with Crippen molar-refractivity contribution in [1.82, 2.24) is 9.78 Å². The predicted octanol–water partition coefficient (Wildman–Crippen LogP) is 2.88. The van der Waals surface area contributed by atoms with Gasteiger partial charge in [-0.15, -0.1) is 0 Å². The molecule has 20 heavy (non-hydrogen) atoms. The first-order chi connectivity index (χ1) is 9.32. The van der Waals surface area contributed by atoms with E-state index in [1.807, 2.05) is 20.8 Å². The van der Waals surface area contributed by atoms with Crippen molar-refractivity contribution in [2.45, 2.75) is 26.2 Å². The number of carbonyl (C=O) groups is 1. The Kier molecular flexibility index (Phi) is 3.53. The number of carboxylic acid groups (broad SMARTS) is 1. The Hall–Kier alpha value is -2.30. The molecule has 0 saturated carbocycles. The van der Waals surface area contributed by atoms with Crippen molar-refractivity contribution in [3.05, 3.63) is 41.7 Å². The van der Waals surface area contributed by atoms with Gasteiger partial charge in [-0.1, -0.05) is 26.8 Å². The lowest BCUT2D eigenvalue weighted by Gasteiger charge is -2.14. The van der Waals surface area contributed by atoms with E-state index in [-0.39, 0.29) is 11.1 Å². The maximum Gasteiger partial charge on any atom is 0.354 e. The molecule has 0 saturated heterocycles. The number of benzene rings is 1. The number of hydrogen-bond acceptors (Lipinski definition) is 3. The number of hydrogen-bond donors (Lipinski definition) is 1. The fourth-order valence-electron chi connectivity index (χ4n) is 1.84. The van der Waals surface area contributed by atoms with Crippen molar-refractivity contribution in [2.75, 3.05) is 7.11 Å². The molecule has 2 aromatic rings. The van der Waals surface area contributed by atoms with Crippen LogP contribution in [0.1, 0.15) is 37.0 Å². The first kappa shape index (κ1) is 14.1. The monoisotopic (exact) mass is 274 g/mol. The number of methoxy groups -OCH3 is 1. The van der Waals surface area contributed by atoms with Crippen LogP contribution in [0.2, 0.25) is 0 Å². The maximum absolute atomic E-state index is 11.4. The molecule has 106 valence electrons. The molecule has 1 heterocycles. The molecule has 0 aliphatic rings. The van der Waals surface area contributed by atoms with Gasteiger partial charge in [-0.05, 0) is 18.2 Å². The molecule has 0 radical (unpaired) electrons. The zero-order chi connectivity index (χ0) is 14.9. The van der Waals surface area contributed by atoms with Crippen molar-refractivity contribution < 1.29 is 14.6 Å². The molecule has 0 fully saturated rings. The summed E-state index contributed by atoms with van der Waals surface area (Å²) in [5, 5.41) is 13.8. The van der Waals surface area contributed by atoms with Crippen LogP contribution in [0.25, 0.3) is 5.69 Å². The van der Waals surface area contributed by atoms with E-state index in [1.165, 1.54) is 4.68 Å². The Morgan fingerprint density at radius 3 is 2.55 bits per heavy atom. The Morgan fingerprint density at radius 1 is 1.30 bits per heavy atom. The van der Waals surface area contributed by atoms with Crippen LogP contribution >= 0.6 is 0 Å².